The lowest BCUT2D eigenvalue weighted by atomic mass is 10.1. The number of thioether (sulfide) groups is 1. The van der Waals surface area contributed by atoms with Crippen molar-refractivity contribution in [2.24, 2.45) is 0 Å². The number of para-hydroxylation sites is 1. The Balaban J connectivity index is 1.26. The van der Waals surface area contributed by atoms with Crippen molar-refractivity contribution in [3.63, 3.8) is 0 Å². The number of fused-ring (bicyclic) bond motifs is 1. The summed E-state index contributed by atoms with van der Waals surface area (Å²) in [5.74, 6) is 1.67. The Kier molecular flexibility index (Phi) is 6.85. The summed E-state index contributed by atoms with van der Waals surface area (Å²) in [6, 6.07) is 16.5. The van der Waals surface area contributed by atoms with Gasteiger partial charge in [-0.1, -0.05) is 18.2 Å². The molecule has 1 saturated heterocycles. The Morgan fingerprint density at radius 1 is 1.10 bits per heavy atom. The first kappa shape index (κ1) is 20.4. The Hall–Kier alpha value is -1.89. The largest absolute Gasteiger partial charge is 0.497 e. The number of piperazine rings is 1. The third kappa shape index (κ3) is 5.18. The van der Waals surface area contributed by atoms with Crippen LogP contribution in [0.2, 0.25) is 0 Å². The normalized spacial score (nSPS) is 22.5. The molecule has 4 rings (SSSR count). The zero-order chi connectivity index (χ0) is 20.1. The van der Waals surface area contributed by atoms with Crippen LogP contribution in [0.3, 0.4) is 0 Å². The van der Waals surface area contributed by atoms with Crippen molar-refractivity contribution in [1.29, 1.82) is 0 Å². The molecule has 29 heavy (non-hydrogen) atoms. The number of ether oxygens (including phenoxy) is 2. The molecule has 6 heteroatoms. The third-order valence-corrected chi connectivity index (χ3v) is 7.15. The second kappa shape index (κ2) is 9.74. The van der Waals surface area contributed by atoms with E-state index in [1.54, 1.807) is 18.9 Å². The van der Waals surface area contributed by atoms with Gasteiger partial charge in [-0.2, -0.15) is 0 Å². The van der Waals surface area contributed by atoms with E-state index in [9.17, 15) is 5.11 Å². The van der Waals surface area contributed by atoms with Gasteiger partial charge >= 0.3 is 0 Å². The highest BCUT2D eigenvalue weighted by molar-refractivity contribution is 8.00. The number of methoxy groups -OCH3 is 1. The van der Waals surface area contributed by atoms with Gasteiger partial charge in [-0.15, -0.1) is 11.8 Å². The molecule has 156 valence electrons. The van der Waals surface area contributed by atoms with E-state index in [0.717, 1.165) is 62.0 Å². The van der Waals surface area contributed by atoms with Crippen LogP contribution in [0, 0.1) is 0 Å². The molecule has 1 fully saturated rings. The van der Waals surface area contributed by atoms with Crippen molar-refractivity contribution in [3.8, 4) is 11.5 Å². The zero-order valence-corrected chi connectivity index (χ0v) is 17.8. The Morgan fingerprint density at radius 2 is 1.90 bits per heavy atom. The maximum absolute atomic E-state index is 10.5. The zero-order valence-electron chi connectivity index (χ0n) is 17.0. The lowest BCUT2D eigenvalue weighted by molar-refractivity contribution is 0.103. The van der Waals surface area contributed by atoms with Gasteiger partial charge < -0.3 is 19.5 Å². The number of aliphatic hydroxyl groups excluding tert-OH is 1. The van der Waals surface area contributed by atoms with Crippen LogP contribution in [0.1, 0.15) is 12.8 Å². The Labute approximate surface area is 177 Å². The molecular formula is C23H30N2O3S. The molecule has 0 spiro atoms. The van der Waals surface area contributed by atoms with E-state index in [2.05, 4.69) is 40.1 Å². The molecule has 0 bridgehead atoms. The monoisotopic (exact) mass is 414 g/mol. The summed E-state index contributed by atoms with van der Waals surface area (Å²) in [6.07, 6.45) is 1.61. The van der Waals surface area contributed by atoms with Crippen LogP contribution in [0.5, 0.6) is 11.5 Å². The van der Waals surface area contributed by atoms with Crippen molar-refractivity contribution < 1.29 is 14.6 Å². The summed E-state index contributed by atoms with van der Waals surface area (Å²) in [4.78, 5) is 6.06. The molecule has 0 aliphatic carbocycles. The number of benzene rings is 2. The fourth-order valence-electron chi connectivity index (χ4n) is 3.99. The average molecular weight is 415 g/mol. The van der Waals surface area contributed by atoms with Gasteiger partial charge in [0.2, 0.25) is 0 Å². The van der Waals surface area contributed by atoms with E-state index in [4.69, 9.17) is 9.47 Å². The molecule has 2 aliphatic heterocycles. The van der Waals surface area contributed by atoms with Gasteiger partial charge in [0, 0.05) is 37.1 Å². The minimum absolute atomic E-state index is 0.147. The van der Waals surface area contributed by atoms with E-state index >= 15 is 0 Å². The third-order valence-electron chi connectivity index (χ3n) is 5.72. The summed E-state index contributed by atoms with van der Waals surface area (Å²) < 4.78 is 11.1. The van der Waals surface area contributed by atoms with E-state index in [1.807, 2.05) is 18.2 Å². The molecule has 2 aliphatic rings. The Bertz CT molecular complexity index is 781. The van der Waals surface area contributed by atoms with Crippen LogP contribution in [-0.4, -0.2) is 67.8 Å². The average Bonchev–Trinajstić information content (AvgIpc) is 2.93. The molecule has 0 unspecified atom stereocenters. The molecule has 0 amide bonds. The fraction of sp³-hybridized carbons (Fsp3) is 0.478. The van der Waals surface area contributed by atoms with Gasteiger partial charge in [0.25, 0.3) is 0 Å². The van der Waals surface area contributed by atoms with Crippen molar-refractivity contribution >= 4 is 17.4 Å². The highest BCUT2D eigenvalue weighted by atomic mass is 32.2. The smallest absolute Gasteiger partial charge is 0.133 e. The van der Waals surface area contributed by atoms with Gasteiger partial charge in [-0.05, 0) is 49.7 Å². The Morgan fingerprint density at radius 3 is 2.66 bits per heavy atom. The molecule has 0 radical (unpaired) electrons. The van der Waals surface area contributed by atoms with Gasteiger partial charge in [-0.25, -0.2) is 0 Å². The molecule has 0 saturated carbocycles. The number of aliphatic hydroxyl groups is 1. The lowest BCUT2D eigenvalue weighted by Gasteiger charge is -2.36. The quantitative estimate of drug-likeness (QED) is 0.781. The van der Waals surface area contributed by atoms with Gasteiger partial charge in [-0.3, -0.25) is 4.90 Å². The lowest BCUT2D eigenvalue weighted by Crippen LogP contribution is -2.46. The minimum atomic E-state index is -0.451. The molecule has 2 atom stereocenters. The van der Waals surface area contributed by atoms with Crippen molar-refractivity contribution in [1.82, 2.24) is 4.90 Å². The highest BCUT2D eigenvalue weighted by Crippen LogP contribution is 2.40. The first-order chi connectivity index (χ1) is 14.2. The molecule has 5 nitrogen and oxygen atoms in total. The molecule has 2 heterocycles. The number of anilines is 1. The number of hydrogen-bond acceptors (Lipinski definition) is 6. The summed E-state index contributed by atoms with van der Waals surface area (Å²) in [5.41, 5.74) is 1.32. The van der Waals surface area contributed by atoms with Gasteiger partial charge in [0.1, 0.15) is 24.2 Å². The maximum Gasteiger partial charge on any atom is 0.133 e. The van der Waals surface area contributed by atoms with Crippen LogP contribution in [0.4, 0.5) is 5.69 Å². The summed E-state index contributed by atoms with van der Waals surface area (Å²) in [5, 5.41) is 10.7. The SMILES string of the molecule is COc1ccc2c(c1)S[C@H](CCCN1CCN(c3ccccc3)CC1)[C@H](O)CO2. The van der Waals surface area contributed by atoms with Crippen LogP contribution in [-0.2, 0) is 0 Å². The molecular weight excluding hydrogens is 384 g/mol. The molecule has 0 aromatic heterocycles. The fourth-order valence-corrected chi connectivity index (χ4v) is 5.26. The number of hydrogen-bond donors (Lipinski definition) is 1. The van der Waals surface area contributed by atoms with E-state index in [-0.39, 0.29) is 5.25 Å². The second-order valence-corrected chi connectivity index (χ2v) is 8.93. The highest BCUT2D eigenvalue weighted by Gasteiger charge is 2.27. The predicted octanol–water partition coefficient (Wildman–Crippen LogP) is 3.51. The van der Waals surface area contributed by atoms with Crippen LogP contribution in [0.25, 0.3) is 0 Å². The van der Waals surface area contributed by atoms with Crippen molar-refractivity contribution in [2.45, 2.75) is 29.1 Å². The van der Waals surface area contributed by atoms with Crippen LogP contribution in [0.15, 0.2) is 53.4 Å². The van der Waals surface area contributed by atoms with Crippen LogP contribution < -0.4 is 14.4 Å². The van der Waals surface area contributed by atoms with E-state index < -0.39 is 6.10 Å². The molecule has 2 aromatic carbocycles. The van der Waals surface area contributed by atoms with E-state index in [0.29, 0.717) is 6.61 Å². The van der Waals surface area contributed by atoms with Crippen molar-refractivity contribution in [3.05, 3.63) is 48.5 Å². The minimum Gasteiger partial charge on any atom is -0.497 e. The van der Waals surface area contributed by atoms with Crippen LogP contribution >= 0.6 is 11.8 Å². The molecule has 2 aromatic rings. The van der Waals surface area contributed by atoms with E-state index in [1.165, 1.54) is 5.69 Å². The second-order valence-electron chi connectivity index (χ2n) is 7.65. The molecule has 1 N–H and O–H groups in total. The summed E-state index contributed by atoms with van der Waals surface area (Å²) in [6.45, 7) is 5.78. The first-order valence-corrected chi connectivity index (χ1v) is 11.3. The maximum atomic E-state index is 10.5. The summed E-state index contributed by atoms with van der Waals surface area (Å²) in [7, 11) is 1.67. The van der Waals surface area contributed by atoms with Gasteiger partial charge in [0.15, 0.2) is 0 Å². The van der Waals surface area contributed by atoms with Crippen molar-refractivity contribution in [2.75, 3.05) is 51.3 Å². The number of rotatable bonds is 6. The predicted molar refractivity (Wildman–Crippen MR) is 118 cm³/mol. The topological polar surface area (TPSA) is 45.2 Å². The number of nitrogens with zero attached hydrogens (tertiary/aromatic N) is 2. The van der Waals surface area contributed by atoms with Gasteiger partial charge in [0.05, 0.1) is 12.0 Å². The summed E-state index contributed by atoms with van der Waals surface area (Å²) >= 11 is 1.72. The first-order valence-electron chi connectivity index (χ1n) is 10.4. The standard InChI is InChI=1S/C23H30N2O3S/c1-27-19-9-10-21-23(16-19)29-22(20(26)17-28-21)8-5-11-24-12-14-25(15-13-24)18-6-3-2-4-7-18/h2-4,6-7,9-10,16,20,22,26H,5,8,11-15,17H2,1H3/t20-,22-/m1/s1.